The molecule has 0 saturated heterocycles. The van der Waals surface area contributed by atoms with E-state index in [1.807, 2.05) is 32.0 Å². The molecule has 1 aromatic carbocycles. The summed E-state index contributed by atoms with van der Waals surface area (Å²) in [5.41, 5.74) is 2.96. The fraction of sp³-hybridized carbons (Fsp3) is 0.300. The van der Waals surface area contributed by atoms with E-state index in [0.29, 0.717) is 5.56 Å². The molecule has 1 aromatic rings. The van der Waals surface area contributed by atoms with Crippen molar-refractivity contribution in [2.45, 2.75) is 20.0 Å². The average Bonchev–Trinajstić information content (AvgIpc) is 2.15. The first-order valence-electron chi connectivity index (χ1n) is 4.21. The maximum atomic E-state index is 11.3. The smallest absolute Gasteiger partial charge is 0.271 e. The van der Waals surface area contributed by atoms with Crippen LogP contribution in [0.1, 0.15) is 24.2 Å². The minimum Gasteiger partial charge on any atom is -0.271 e. The third-order valence-electron chi connectivity index (χ3n) is 1.42. The molecular formula is C10H13NO2. The van der Waals surface area contributed by atoms with Gasteiger partial charge in [0.2, 0.25) is 0 Å². The fourth-order valence-electron chi connectivity index (χ4n) is 0.820. The van der Waals surface area contributed by atoms with Gasteiger partial charge in [-0.3, -0.25) is 9.63 Å². The van der Waals surface area contributed by atoms with Gasteiger partial charge in [0.05, 0.1) is 6.10 Å². The number of carbonyl (C=O) groups excluding carboxylic acids is 1. The number of hydroxylamine groups is 1. The summed E-state index contributed by atoms with van der Waals surface area (Å²) in [5.74, 6) is -0.214. The lowest BCUT2D eigenvalue weighted by molar-refractivity contribution is 0.000190. The van der Waals surface area contributed by atoms with Crippen LogP contribution in [0.25, 0.3) is 0 Å². The van der Waals surface area contributed by atoms with E-state index < -0.39 is 0 Å². The van der Waals surface area contributed by atoms with Crippen molar-refractivity contribution in [2.75, 3.05) is 0 Å². The Morgan fingerprint density at radius 1 is 1.31 bits per heavy atom. The highest BCUT2D eigenvalue weighted by Crippen LogP contribution is 1.97. The number of rotatable bonds is 3. The van der Waals surface area contributed by atoms with Crippen molar-refractivity contribution in [3.8, 4) is 0 Å². The molecule has 0 saturated carbocycles. The second-order valence-electron chi connectivity index (χ2n) is 2.96. The minimum atomic E-state index is -0.214. The van der Waals surface area contributed by atoms with Crippen molar-refractivity contribution in [3.63, 3.8) is 0 Å². The van der Waals surface area contributed by atoms with Gasteiger partial charge in [-0.05, 0) is 26.0 Å². The largest absolute Gasteiger partial charge is 0.274 e. The van der Waals surface area contributed by atoms with Crippen LogP contribution in [0.4, 0.5) is 0 Å². The first-order valence-corrected chi connectivity index (χ1v) is 4.21. The fourth-order valence-corrected chi connectivity index (χ4v) is 0.820. The molecule has 0 aliphatic rings. The number of hydrogen-bond acceptors (Lipinski definition) is 2. The van der Waals surface area contributed by atoms with Crippen molar-refractivity contribution in [1.82, 2.24) is 5.48 Å². The standard InChI is InChI=1S/C10H13NO2/c1-8(2)13-11-10(12)9-6-4-3-5-7-9/h3-8H,1-2H3,(H,11,12). The average molecular weight is 179 g/mol. The summed E-state index contributed by atoms with van der Waals surface area (Å²) in [4.78, 5) is 16.3. The van der Waals surface area contributed by atoms with Crippen LogP contribution in [-0.4, -0.2) is 12.0 Å². The predicted octanol–water partition coefficient (Wildman–Crippen LogP) is 1.76. The Hall–Kier alpha value is -1.35. The van der Waals surface area contributed by atoms with Crippen LogP contribution < -0.4 is 5.48 Å². The number of nitrogens with one attached hydrogen (secondary N) is 1. The van der Waals surface area contributed by atoms with Gasteiger partial charge < -0.3 is 0 Å². The SMILES string of the molecule is CC(C)ONC(=O)c1ccccc1. The lowest BCUT2D eigenvalue weighted by Crippen LogP contribution is -2.26. The van der Waals surface area contributed by atoms with Crippen molar-refractivity contribution in [1.29, 1.82) is 0 Å². The summed E-state index contributed by atoms with van der Waals surface area (Å²) in [6, 6.07) is 8.95. The molecule has 0 aromatic heterocycles. The van der Waals surface area contributed by atoms with E-state index >= 15 is 0 Å². The molecule has 70 valence electrons. The molecule has 1 amide bonds. The van der Waals surface area contributed by atoms with Gasteiger partial charge in [-0.25, -0.2) is 5.48 Å². The van der Waals surface area contributed by atoms with Gasteiger partial charge in [0.15, 0.2) is 0 Å². The molecule has 0 unspecified atom stereocenters. The lowest BCUT2D eigenvalue weighted by atomic mass is 10.2. The van der Waals surface area contributed by atoms with Crippen molar-refractivity contribution in [3.05, 3.63) is 35.9 Å². The molecule has 0 bridgehead atoms. The molecule has 1 N–H and O–H groups in total. The van der Waals surface area contributed by atoms with Gasteiger partial charge in [-0.15, -0.1) is 0 Å². The Balaban J connectivity index is 2.50. The summed E-state index contributed by atoms with van der Waals surface area (Å²) in [7, 11) is 0. The van der Waals surface area contributed by atoms with E-state index in [2.05, 4.69) is 5.48 Å². The monoisotopic (exact) mass is 179 g/mol. The van der Waals surface area contributed by atoms with E-state index in [1.54, 1.807) is 12.1 Å². The number of carbonyl (C=O) groups is 1. The van der Waals surface area contributed by atoms with E-state index in [0.717, 1.165) is 0 Å². The molecule has 0 spiro atoms. The summed E-state index contributed by atoms with van der Waals surface area (Å²) in [6.45, 7) is 3.70. The summed E-state index contributed by atoms with van der Waals surface area (Å²) >= 11 is 0. The zero-order valence-electron chi connectivity index (χ0n) is 7.78. The third kappa shape index (κ3) is 3.25. The second kappa shape index (κ2) is 4.62. The Bertz CT molecular complexity index is 270. The van der Waals surface area contributed by atoms with Crippen LogP contribution in [0.2, 0.25) is 0 Å². The lowest BCUT2D eigenvalue weighted by Gasteiger charge is -2.07. The van der Waals surface area contributed by atoms with Crippen molar-refractivity contribution in [2.24, 2.45) is 0 Å². The zero-order chi connectivity index (χ0) is 9.68. The molecule has 0 atom stereocenters. The molecule has 0 aliphatic carbocycles. The van der Waals surface area contributed by atoms with Crippen LogP contribution in [0.3, 0.4) is 0 Å². The first-order chi connectivity index (χ1) is 6.20. The molecule has 13 heavy (non-hydrogen) atoms. The molecule has 3 nitrogen and oxygen atoms in total. The zero-order valence-corrected chi connectivity index (χ0v) is 7.78. The van der Waals surface area contributed by atoms with Crippen LogP contribution in [0, 0.1) is 0 Å². The van der Waals surface area contributed by atoms with E-state index in [1.165, 1.54) is 0 Å². The van der Waals surface area contributed by atoms with E-state index in [9.17, 15) is 4.79 Å². The topological polar surface area (TPSA) is 38.3 Å². The van der Waals surface area contributed by atoms with Gasteiger partial charge in [-0.1, -0.05) is 18.2 Å². The molecule has 0 fully saturated rings. The van der Waals surface area contributed by atoms with Crippen molar-refractivity contribution >= 4 is 5.91 Å². The van der Waals surface area contributed by atoms with Crippen LogP contribution >= 0.6 is 0 Å². The maximum Gasteiger partial charge on any atom is 0.274 e. The predicted molar refractivity (Wildman–Crippen MR) is 50.1 cm³/mol. The van der Waals surface area contributed by atoms with Crippen LogP contribution in [-0.2, 0) is 4.84 Å². The van der Waals surface area contributed by atoms with E-state index in [-0.39, 0.29) is 12.0 Å². The first kappa shape index (κ1) is 9.74. The van der Waals surface area contributed by atoms with Gasteiger partial charge in [0.1, 0.15) is 0 Å². The van der Waals surface area contributed by atoms with Crippen LogP contribution in [0.5, 0.6) is 0 Å². The van der Waals surface area contributed by atoms with Gasteiger partial charge in [-0.2, -0.15) is 0 Å². The highest BCUT2D eigenvalue weighted by molar-refractivity contribution is 5.93. The quantitative estimate of drug-likeness (QED) is 0.718. The minimum absolute atomic E-state index is 0.00679. The Labute approximate surface area is 77.7 Å². The molecule has 0 radical (unpaired) electrons. The summed E-state index contributed by atoms with van der Waals surface area (Å²) in [5, 5.41) is 0. The molecule has 3 heteroatoms. The molecule has 0 aliphatic heterocycles. The van der Waals surface area contributed by atoms with Gasteiger partial charge >= 0.3 is 0 Å². The van der Waals surface area contributed by atoms with Crippen molar-refractivity contribution < 1.29 is 9.63 Å². The normalized spacial score (nSPS) is 10.1. The van der Waals surface area contributed by atoms with Crippen LogP contribution in [0.15, 0.2) is 30.3 Å². The number of hydrogen-bond donors (Lipinski definition) is 1. The highest BCUT2D eigenvalue weighted by Gasteiger charge is 2.04. The van der Waals surface area contributed by atoms with E-state index in [4.69, 9.17) is 4.84 Å². The highest BCUT2D eigenvalue weighted by atomic mass is 16.7. The number of benzene rings is 1. The third-order valence-corrected chi connectivity index (χ3v) is 1.42. The summed E-state index contributed by atoms with van der Waals surface area (Å²) < 4.78 is 0. The number of amides is 1. The Morgan fingerprint density at radius 2 is 1.92 bits per heavy atom. The summed E-state index contributed by atoms with van der Waals surface area (Å²) in [6.07, 6.45) is -0.00679. The van der Waals surface area contributed by atoms with Gasteiger partial charge in [0.25, 0.3) is 5.91 Å². The second-order valence-corrected chi connectivity index (χ2v) is 2.96. The molecular weight excluding hydrogens is 166 g/mol. The Kier molecular flexibility index (Phi) is 3.46. The molecule has 0 heterocycles. The Morgan fingerprint density at radius 3 is 2.46 bits per heavy atom. The molecule has 1 rings (SSSR count). The van der Waals surface area contributed by atoms with Gasteiger partial charge in [0, 0.05) is 5.56 Å². The maximum absolute atomic E-state index is 11.3.